The smallest absolute Gasteiger partial charge is 0.0577 e. The summed E-state index contributed by atoms with van der Waals surface area (Å²) in [5.41, 5.74) is 3.94. The number of hydrogen-bond acceptors (Lipinski definition) is 2. The Labute approximate surface area is 140 Å². The second-order valence-electron chi connectivity index (χ2n) is 8.98. The van der Waals surface area contributed by atoms with Crippen LogP contribution in [0, 0.1) is 34.0 Å². The van der Waals surface area contributed by atoms with Crippen molar-refractivity contribution in [3.05, 3.63) is 23.3 Å². The van der Waals surface area contributed by atoms with Gasteiger partial charge in [0.2, 0.25) is 0 Å². The average Bonchev–Trinajstić information content (AvgIpc) is 2.85. The Balaban J connectivity index is 1.66. The SMILES string of the molecule is C[C@]12CC[C@H]3[C@@H](CC=C4C[C@@H](O)CC[C@@]43C)C1=CC[C@@H]2CC=N. The highest BCUT2D eigenvalue weighted by Crippen LogP contribution is 2.64. The Hall–Kier alpha value is -0.890. The van der Waals surface area contributed by atoms with Crippen molar-refractivity contribution < 1.29 is 5.11 Å². The topological polar surface area (TPSA) is 44.1 Å². The first-order valence-corrected chi connectivity index (χ1v) is 9.56. The van der Waals surface area contributed by atoms with E-state index in [0.29, 0.717) is 22.7 Å². The minimum atomic E-state index is -0.109. The molecule has 4 aliphatic carbocycles. The minimum Gasteiger partial charge on any atom is -0.393 e. The van der Waals surface area contributed by atoms with Gasteiger partial charge in [-0.15, -0.1) is 0 Å². The van der Waals surface area contributed by atoms with Crippen LogP contribution in [0.15, 0.2) is 23.3 Å². The van der Waals surface area contributed by atoms with Crippen LogP contribution in [0.5, 0.6) is 0 Å². The molecular weight excluding hydrogens is 282 g/mol. The van der Waals surface area contributed by atoms with E-state index in [1.54, 1.807) is 17.4 Å². The van der Waals surface area contributed by atoms with Gasteiger partial charge in [-0.1, -0.05) is 37.1 Å². The fraction of sp³-hybridized carbons (Fsp3) is 0.762. The molecule has 0 spiro atoms. The monoisotopic (exact) mass is 313 g/mol. The Bertz CT molecular complexity index is 576. The van der Waals surface area contributed by atoms with E-state index in [4.69, 9.17) is 5.41 Å². The Kier molecular flexibility index (Phi) is 3.61. The molecule has 126 valence electrons. The number of fused-ring (bicyclic) bond motifs is 5. The van der Waals surface area contributed by atoms with Gasteiger partial charge in [-0.25, -0.2) is 0 Å². The molecule has 2 saturated carbocycles. The van der Waals surface area contributed by atoms with Crippen molar-refractivity contribution in [2.45, 2.75) is 71.3 Å². The molecule has 2 nitrogen and oxygen atoms in total. The molecule has 2 heteroatoms. The maximum Gasteiger partial charge on any atom is 0.0577 e. The van der Waals surface area contributed by atoms with E-state index in [9.17, 15) is 5.11 Å². The first-order valence-electron chi connectivity index (χ1n) is 9.56. The Morgan fingerprint density at radius 1 is 1.17 bits per heavy atom. The molecule has 0 bridgehead atoms. The second kappa shape index (κ2) is 5.31. The molecule has 0 radical (unpaired) electrons. The van der Waals surface area contributed by atoms with Gasteiger partial charge in [0.1, 0.15) is 0 Å². The predicted octanol–water partition coefficient (Wildman–Crippen LogP) is 4.89. The highest BCUT2D eigenvalue weighted by Gasteiger charge is 2.55. The van der Waals surface area contributed by atoms with Gasteiger partial charge in [-0.3, -0.25) is 0 Å². The molecule has 6 atom stereocenters. The van der Waals surface area contributed by atoms with Crippen molar-refractivity contribution in [2.24, 2.45) is 28.6 Å². The summed E-state index contributed by atoms with van der Waals surface area (Å²) < 4.78 is 0. The number of nitrogens with one attached hydrogen (secondary N) is 1. The van der Waals surface area contributed by atoms with Crippen molar-refractivity contribution >= 4 is 6.21 Å². The van der Waals surface area contributed by atoms with Gasteiger partial charge >= 0.3 is 0 Å². The Morgan fingerprint density at radius 2 is 1.96 bits per heavy atom. The van der Waals surface area contributed by atoms with Gasteiger partial charge < -0.3 is 10.5 Å². The van der Waals surface area contributed by atoms with Crippen molar-refractivity contribution in [3.63, 3.8) is 0 Å². The molecule has 4 aliphatic rings. The summed E-state index contributed by atoms with van der Waals surface area (Å²) in [6.07, 6.45) is 15.5. The summed E-state index contributed by atoms with van der Waals surface area (Å²) in [6.45, 7) is 4.96. The molecule has 2 N–H and O–H groups in total. The van der Waals surface area contributed by atoms with Crippen LogP contribution in [-0.4, -0.2) is 17.4 Å². The highest BCUT2D eigenvalue weighted by atomic mass is 16.3. The normalized spacial score (nSPS) is 48.7. The van der Waals surface area contributed by atoms with E-state index in [1.165, 1.54) is 25.7 Å². The van der Waals surface area contributed by atoms with E-state index in [0.717, 1.165) is 31.6 Å². The molecule has 2 fully saturated rings. The van der Waals surface area contributed by atoms with Gasteiger partial charge in [-0.2, -0.15) is 0 Å². The molecule has 0 amide bonds. The fourth-order valence-electron chi connectivity index (χ4n) is 6.57. The van der Waals surface area contributed by atoms with E-state index in [-0.39, 0.29) is 6.10 Å². The Morgan fingerprint density at radius 3 is 2.74 bits per heavy atom. The van der Waals surface area contributed by atoms with Crippen LogP contribution in [0.2, 0.25) is 0 Å². The summed E-state index contributed by atoms with van der Waals surface area (Å²) >= 11 is 0. The third-order valence-electron chi connectivity index (χ3n) is 8.07. The summed E-state index contributed by atoms with van der Waals surface area (Å²) in [5, 5.41) is 17.6. The van der Waals surface area contributed by atoms with Crippen LogP contribution in [0.1, 0.15) is 65.2 Å². The van der Waals surface area contributed by atoms with E-state index in [1.807, 2.05) is 0 Å². The van der Waals surface area contributed by atoms with Crippen molar-refractivity contribution in [3.8, 4) is 0 Å². The molecule has 0 unspecified atom stereocenters. The number of rotatable bonds is 2. The zero-order valence-electron chi connectivity index (χ0n) is 14.6. The highest BCUT2D eigenvalue weighted by molar-refractivity contribution is 5.54. The molecule has 4 rings (SSSR count). The van der Waals surface area contributed by atoms with E-state index in [2.05, 4.69) is 26.0 Å². The van der Waals surface area contributed by atoms with Crippen LogP contribution in [0.25, 0.3) is 0 Å². The molecule has 0 aliphatic heterocycles. The molecule has 0 aromatic carbocycles. The third kappa shape index (κ3) is 2.13. The summed E-state index contributed by atoms with van der Waals surface area (Å²) in [4.78, 5) is 0. The maximum atomic E-state index is 10.1. The standard InChI is InChI=1S/C21H31NO/c1-20-11-8-19-17(18(20)6-4-14(20)9-12-22)5-3-15-13-16(23)7-10-21(15,19)2/h3,6,12,14,16-17,19,22-23H,4-5,7-11,13H2,1-2H3/t14-,16+,17+,19+,20-,21+/m1/s1. The zero-order chi connectivity index (χ0) is 16.2. The zero-order valence-corrected chi connectivity index (χ0v) is 14.6. The number of hydrogen-bond donors (Lipinski definition) is 2. The second-order valence-corrected chi connectivity index (χ2v) is 8.98. The first kappa shape index (κ1) is 15.6. The van der Waals surface area contributed by atoms with Crippen LogP contribution in [0.3, 0.4) is 0 Å². The van der Waals surface area contributed by atoms with Crippen LogP contribution in [-0.2, 0) is 0 Å². The van der Waals surface area contributed by atoms with Gasteiger partial charge in [-0.05, 0) is 86.2 Å². The quantitative estimate of drug-likeness (QED) is 0.553. The number of aliphatic hydroxyl groups is 1. The largest absolute Gasteiger partial charge is 0.393 e. The summed E-state index contributed by atoms with van der Waals surface area (Å²) in [6, 6.07) is 0. The lowest BCUT2D eigenvalue weighted by Crippen LogP contribution is -2.47. The molecule has 23 heavy (non-hydrogen) atoms. The third-order valence-corrected chi connectivity index (χ3v) is 8.07. The first-order chi connectivity index (χ1) is 11.0. The van der Waals surface area contributed by atoms with Crippen molar-refractivity contribution in [1.29, 1.82) is 5.41 Å². The number of allylic oxidation sites excluding steroid dienone is 3. The molecule has 0 aromatic rings. The van der Waals surface area contributed by atoms with Gasteiger partial charge in [0.15, 0.2) is 0 Å². The molecule has 0 aromatic heterocycles. The predicted molar refractivity (Wildman–Crippen MR) is 94.6 cm³/mol. The lowest BCUT2D eigenvalue weighted by atomic mass is 9.48. The van der Waals surface area contributed by atoms with Crippen molar-refractivity contribution in [2.75, 3.05) is 0 Å². The van der Waals surface area contributed by atoms with Gasteiger partial charge in [0, 0.05) is 0 Å². The maximum absolute atomic E-state index is 10.1. The van der Waals surface area contributed by atoms with Crippen LogP contribution < -0.4 is 0 Å². The van der Waals surface area contributed by atoms with E-state index < -0.39 is 0 Å². The summed E-state index contributed by atoms with van der Waals surface area (Å²) in [5.74, 6) is 2.14. The van der Waals surface area contributed by atoms with E-state index >= 15 is 0 Å². The number of aliphatic hydroxyl groups excluding tert-OH is 1. The minimum absolute atomic E-state index is 0.109. The fourth-order valence-corrected chi connectivity index (χ4v) is 6.57. The van der Waals surface area contributed by atoms with Crippen LogP contribution >= 0.6 is 0 Å². The molecular formula is C21H31NO. The molecule has 0 saturated heterocycles. The average molecular weight is 313 g/mol. The van der Waals surface area contributed by atoms with Gasteiger partial charge in [0.25, 0.3) is 0 Å². The lowest BCUT2D eigenvalue weighted by molar-refractivity contribution is 0.0228. The van der Waals surface area contributed by atoms with Crippen molar-refractivity contribution in [1.82, 2.24) is 0 Å². The van der Waals surface area contributed by atoms with Crippen LogP contribution in [0.4, 0.5) is 0 Å². The lowest BCUT2D eigenvalue weighted by Gasteiger charge is -2.56. The summed E-state index contributed by atoms with van der Waals surface area (Å²) in [7, 11) is 0. The molecule has 0 heterocycles. The van der Waals surface area contributed by atoms with Gasteiger partial charge in [0.05, 0.1) is 6.10 Å².